The third-order valence-corrected chi connectivity index (χ3v) is 4.52. The van der Waals surface area contributed by atoms with Crippen LogP contribution in [-0.4, -0.2) is 27.1 Å². The topological polar surface area (TPSA) is 3.24 Å². The molecule has 0 aromatic rings. The van der Waals surface area contributed by atoms with E-state index in [1.54, 1.807) is 0 Å². The van der Waals surface area contributed by atoms with Crippen LogP contribution >= 0.6 is 0 Å². The second-order valence-electron chi connectivity index (χ2n) is 3.99. The first-order valence-corrected chi connectivity index (χ1v) is 8.21. The van der Waals surface area contributed by atoms with Crippen molar-refractivity contribution in [2.45, 2.75) is 52.1 Å². The smallest absolute Gasteiger partial charge is 0.105 e. The molecule has 0 spiro atoms. The van der Waals surface area contributed by atoms with Gasteiger partial charge in [0.15, 0.2) is 0 Å². The van der Waals surface area contributed by atoms with Gasteiger partial charge in [-0.2, -0.15) is 0 Å². The van der Waals surface area contributed by atoms with E-state index < -0.39 is 8.96 Å². The summed E-state index contributed by atoms with van der Waals surface area (Å²) in [5.41, 5.74) is 0. The minimum Gasteiger partial charge on any atom is -0.329 e. The average Bonchev–Trinajstić information content (AvgIpc) is 2.03. The molecule has 0 N–H and O–H groups in total. The number of rotatable bonds is 7. The first-order chi connectivity index (χ1) is 5.68. The second-order valence-corrected chi connectivity index (χ2v) is 7.06. The van der Waals surface area contributed by atoms with Crippen LogP contribution in [0.5, 0.6) is 0 Å². The van der Waals surface area contributed by atoms with Crippen LogP contribution in [0.2, 0.25) is 13.1 Å². The van der Waals surface area contributed by atoms with Crippen LogP contribution in [0, 0.1) is 0 Å². The lowest BCUT2D eigenvalue weighted by Gasteiger charge is -2.19. The maximum atomic E-state index is 2.56. The van der Waals surface area contributed by atoms with Crippen LogP contribution in [0.4, 0.5) is 0 Å². The Bertz CT molecular complexity index is 93.8. The Morgan fingerprint density at radius 2 is 1.58 bits per heavy atom. The van der Waals surface area contributed by atoms with Gasteiger partial charge in [0.1, 0.15) is 8.96 Å². The molecule has 0 unspecified atom stereocenters. The van der Waals surface area contributed by atoms with Gasteiger partial charge in [-0.25, -0.2) is 0 Å². The number of hydrogen-bond donors (Lipinski definition) is 0. The summed E-state index contributed by atoms with van der Waals surface area (Å²) < 4.78 is 2.56. The van der Waals surface area contributed by atoms with Crippen molar-refractivity contribution in [3.05, 3.63) is 0 Å². The summed E-state index contributed by atoms with van der Waals surface area (Å²) in [6.07, 6.45) is 7.04. The van der Waals surface area contributed by atoms with E-state index in [0.717, 1.165) is 0 Å². The minimum atomic E-state index is -0.490. The zero-order valence-corrected chi connectivity index (χ0v) is 10.4. The van der Waals surface area contributed by atoms with Crippen molar-refractivity contribution in [2.24, 2.45) is 0 Å². The molecular weight excluding hydrogens is 162 g/mol. The summed E-state index contributed by atoms with van der Waals surface area (Å²) in [6, 6.07) is 0. The Balaban J connectivity index is 3.08. The maximum absolute atomic E-state index is 2.56. The fraction of sp³-hybridized carbons (Fsp3) is 1.00. The van der Waals surface area contributed by atoms with Crippen molar-refractivity contribution >= 4 is 8.96 Å². The molecule has 0 aliphatic heterocycles. The molecule has 0 aromatic heterocycles. The molecule has 0 aliphatic rings. The van der Waals surface area contributed by atoms with Crippen molar-refractivity contribution < 1.29 is 0 Å². The molecule has 12 heavy (non-hydrogen) atoms. The van der Waals surface area contributed by atoms with Crippen LogP contribution in [-0.2, 0) is 0 Å². The largest absolute Gasteiger partial charge is 0.329 e. The Morgan fingerprint density at radius 1 is 1.00 bits per heavy atom. The molecule has 2 heteroatoms. The predicted octanol–water partition coefficient (Wildman–Crippen LogP) is 2.87. The molecular formula is C10H25NSi. The van der Waals surface area contributed by atoms with Gasteiger partial charge in [-0.1, -0.05) is 45.7 Å². The number of nitrogens with zero attached hydrogens (tertiary/aromatic N) is 1. The molecule has 0 saturated carbocycles. The number of unbranched alkanes of at least 4 members (excludes halogenated alkanes) is 4. The van der Waals surface area contributed by atoms with Crippen LogP contribution in [0.25, 0.3) is 0 Å². The molecule has 0 amide bonds. The number of hydrogen-bond acceptors (Lipinski definition) is 1. The quantitative estimate of drug-likeness (QED) is 0.437. The van der Waals surface area contributed by atoms with Crippen molar-refractivity contribution in [2.75, 3.05) is 13.6 Å². The Hall–Kier alpha value is 0.177. The molecule has 0 bridgehead atoms. The first-order valence-electron chi connectivity index (χ1n) is 5.38. The minimum absolute atomic E-state index is 0.490. The lowest BCUT2D eigenvalue weighted by Crippen LogP contribution is -2.31. The Morgan fingerprint density at radius 3 is 2.08 bits per heavy atom. The van der Waals surface area contributed by atoms with Gasteiger partial charge in [0.25, 0.3) is 0 Å². The van der Waals surface area contributed by atoms with Crippen molar-refractivity contribution in [1.29, 1.82) is 0 Å². The van der Waals surface area contributed by atoms with Gasteiger partial charge in [-0.05, 0) is 20.0 Å². The molecule has 0 fully saturated rings. The third-order valence-electron chi connectivity index (χ3n) is 2.50. The zero-order valence-electron chi connectivity index (χ0n) is 9.27. The van der Waals surface area contributed by atoms with Crippen molar-refractivity contribution in [1.82, 2.24) is 4.57 Å². The predicted molar refractivity (Wildman–Crippen MR) is 60.3 cm³/mol. The van der Waals surface area contributed by atoms with E-state index in [9.17, 15) is 0 Å². The molecule has 0 atom stereocenters. The van der Waals surface area contributed by atoms with Gasteiger partial charge in [0.2, 0.25) is 0 Å². The molecule has 0 radical (unpaired) electrons. The fourth-order valence-electron chi connectivity index (χ4n) is 1.22. The highest BCUT2D eigenvalue weighted by molar-refractivity contribution is 6.52. The average molecular weight is 187 g/mol. The van der Waals surface area contributed by atoms with Gasteiger partial charge < -0.3 is 4.57 Å². The summed E-state index contributed by atoms with van der Waals surface area (Å²) in [7, 11) is 1.78. The molecule has 0 rings (SSSR count). The van der Waals surface area contributed by atoms with Crippen molar-refractivity contribution in [3.8, 4) is 0 Å². The highest BCUT2D eigenvalue weighted by Gasteiger charge is 2.02. The van der Waals surface area contributed by atoms with E-state index in [-0.39, 0.29) is 0 Å². The van der Waals surface area contributed by atoms with E-state index >= 15 is 0 Å². The molecule has 0 aliphatic carbocycles. The SMILES string of the molecule is CCCCCCCN(C)[SiH](C)C. The maximum Gasteiger partial charge on any atom is 0.105 e. The monoisotopic (exact) mass is 187 g/mol. The summed E-state index contributed by atoms with van der Waals surface area (Å²) >= 11 is 0. The lowest BCUT2D eigenvalue weighted by molar-refractivity contribution is 0.482. The van der Waals surface area contributed by atoms with E-state index in [1.807, 2.05) is 0 Å². The normalized spacial score (nSPS) is 11.5. The van der Waals surface area contributed by atoms with E-state index in [0.29, 0.717) is 0 Å². The van der Waals surface area contributed by atoms with Gasteiger partial charge in [0, 0.05) is 0 Å². The summed E-state index contributed by atoms with van der Waals surface area (Å²) in [5.74, 6) is 0. The summed E-state index contributed by atoms with van der Waals surface area (Å²) in [6.45, 7) is 8.39. The van der Waals surface area contributed by atoms with Crippen LogP contribution in [0.3, 0.4) is 0 Å². The lowest BCUT2D eigenvalue weighted by atomic mass is 10.1. The molecule has 0 saturated heterocycles. The molecule has 0 heterocycles. The molecule has 1 nitrogen and oxygen atoms in total. The summed E-state index contributed by atoms with van der Waals surface area (Å²) in [5, 5.41) is 0. The van der Waals surface area contributed by atoms with E-state index in [4.69, 9.17) is 0 Å². The Kier molecular flexibility index (Phi) is 7.92. The van der Waals surface area contributed by atoms with Crippen LogP contribution in [0.1, 0.15) is 39.0 Å². The van der Waals surface area contributed by atoms with Gasteiger partial charge in [-0.15, -0.1) is 0 Å². The van der Waals surface area contributed by atoms with Gasteiger partial charge >= 0.3 is 0 Å². The second kappa shape index (κ2) is 7.81. The summed E-state index contributed by atoms with van der Waals surface area (Å²) in [4.78, 5) is 0. The first kappa shape index (κ1) is 12.2. The van der Waals surface area contributed by atoms with Gasteiger partial charge in [0.05, 0.1) is 0 Å². The zero-order chi connectivity index (χ0) is 9.40. The molecule has 0 aromatic carbocycles. The van der Waals surface area contributed by atoms with Crippen molar-refractivity contribution in [3.63, 3.8) is 0 Å². The third kappa shape index (κ3) is 6.86. The highest BCUT2D eigenvalue weighted by atomic mass is 28.3. The van der Waals surface area contributed by atoms with Crippen LogP contribution < -0.4 is 0 Å². The standard InChI is InChI=1S/C10H25NSi/c1-5-6-7-8-9-10-11(2)12(3)4/h12H,5-10H2,1-4H3. The van der Waals surface area contributed by atoms with E-state index in [1.165, 1.54) is 38.6 Å². The Labute approximate surface area is 79.8 Å². The fourth-order valence-corrected chi connectivity index (χ4v) is 1.92. The molecule has 74 valence electrons. The van der Waals surface area contributed by atoms with Crippen LogP contribution in [0.15, 0.2) is 0 Å². The van der Waals surface area contributed by atoms with E-state index in [2.05, 4.69) is 31.6 Å². The highest BCUT2D eigenvalue weighted by Crippen LogP contribution is 2.03. The van der Waals surface area contributed by atoms with Gasteiger partial charge in [-0.3, -0.25) is 0 Å².